The van der Waals surface area contributed by atoms with Crippen LogP contribution in [0.5, 0.6) is 0 Å². The van der Waals surface area contributed by atoms with Crippen LogP contribution in [-0.4, -0.2) is 37.1 Å². The Labute approximate surface area is 185 Å². The van der Waals surface area contributed by atoms with Gasteiger partial charge < -0.3 is 14.8 Å². The topological polar surface area (TPSA) is 55.2 Å². The zero-order chi connectivity index (χ0) is 22.2. The van der Waals surface area contributed by atoms with Gasteiger partial charge in [0.1, 0.15) is 13.2 Å². The molecule has 0 saturated carbocycles. The Kier molecular flexibility index (Phi) is 5.54. The van der Waals surface area contributed by atoms with E-state index in [0.29, 0.717) is 25.0 Å². The van der Waals surface area contributed by atoms with Crippen LogP contribution in [0, 0.1) is 10.8 Å². The molecule has 2 aliphatic rings. The molecule has 4 rings (SSSR count). The fourth-order valence-electron chi connectivity index (χ4n) is 3.63. The number of aliphatic imine (C=N–C) groups is 2. The van der Waals surface area contributed by atoms with Crippen molar-refractivity contribution in [2.24, 2.45) is 20.8 Å². The monoisotopic (exact) mass is 419 g/mol. The Balaban J connectivity index is 1.64. The van der Waals surface area contributed by atoms with Crippen molar-refractivity contribution in [3.63, 3.8) is 0 Å². The zero-order valence-electron chi connectivity index (χ0n) is 19.4. The summed E-state index contributed by atoms with van der Waals surface area (Å²) in [6.07, 6.45) is 0. The third kappa shape index (κ3) is 4.60. The van der Waals surface area contributed by atoms with Crippen LogP contribution in [0.3, 0.4) is 0 Å². The van der Waals surface area contributed by atoms with Crippen molar-refractivity contribution < 1.29 is 9.47 Å². The summed E-state index contributed by atoms with van der Waals surface area (Å²) in [6.45, 7) is 14.4. The van der Waals surface area contributed by atoms with Crippen molar-refractivity contribution in [2.45, 2.75) is 53.6 Å². The highest BCUT2D eigenvalue weighted by molar-refractivity contribution is 6.04. The van der Waals surface area contributed by atoms with E-state index in [4.69, 9.17) is 19.5 Å². The first-order valence-electron chi connectivity index (χ1n) is 11.0. The van der Waals surface area contributed by atoms with E-state index < -0.39 is 0 Å². The lowest BCUT2D eigenvalue weighted by Gasteiger charge is -2.21. The van der Waals surface area contributed by atoms with Crippen LogP contribution in [0.15, 0.2) is 58.5 Å². The van der Waals surface area contributed by atoms with Gasteiger partial charge in [0.05, 0.1) is 34.6 Å². The summed E-state index contributed by atoms with van der Waals surface area (Å²) < 4.78 is 12.0. The highest BCUT2D eigenvalue weighted by Gasteiger charge is 2.33. The van der Waals surface area contributed by atoms with Gasteiger partial charge in [0, 0.05) is 0 Å². The van der Waals surface area contributed by atoms with Crippen molar-refractivity contribution in [1.82, 2.24) is 0 Å². The minimum atomic E-state index is 0.0677. The summed E-state index contributed by atoms with van der Waals surface area (Å²) in [5.74, 6) is 1.39. The van der Waals surface area contributed by atoms with Crippen LogP contribution >= 0.6 is 0 Å². The number of hydrogen-bond donors (Lipinski definition) is 1. The lowest BCUT2D eigenvalue weighted by molar-refractivity contribution is 0.235. The third-order valence-corrected chi connectivity index (χ3v) is 5.89. The minimum absolute atomic E-state index is 0.0677. The van der Waals surface area contributed by atoms with Gasteiger partial charge in [0.15, 0.2) is 0 Å². The van der Waals surface area contributed by atoms with Gasteiger partial charge in [-0.3, -0.25) is 0 Å². The molecule has 2 atom stereocenters. The number of nitrogens with zero attached hydrogens (tertiary/aromatic N) is 2. The van der Waals surface area contributed by atoms with Gasteiger partial charge in [-0.1, -0.05) is 65.8 Å². The second-order valence-corrected chi connectivity index (χ2v) is 10.5. The van der Waals surface area contributed by atoms with Crippen molar-refractivity contribution in [2.75, 3.05) is 18.5 Å². The molecule has 0 bridgehead atoms. The number of anilines is 2. The van der Waals surface area contributed by atoms with E-state index in [1.54, 1.807) is 0 Å². The summed E-state index contributed by atoms with van der Waals surface area (Å²) >= 11 is 0. The maximum absolute atomic E-state index is 6.00. The number of nitrogens with one attached hydrogen (secondary N) is 1. The van der Waals surface area contributed by atoms with E-state index in [1.807, 2.05) is 36.4 Å². The standard InChI is InChI=1S/C26H33N3O2/c1-25(2,3)21-15-30-23(28-21)17-11-7-9-13-19(17)27-20-14-10-8-12-18(20)24-29-22(16-31-24)26(4,5)6/h7-14,21-22,27H,15-16H2,1-6H3/t21-,22-/m0/s1. The summed E-state index contributed by atoms with van der Waals surface area (Å²) in [5, 5.41) is 3.58. The molecule has 0 aromatic heterocycles. The normalized spacial score (nSPS) is 21.2. The molecule has 2 heterocycles. The van der Waals surface area contributed by atoms with Gasteiger partial charge in [0.25, 0.3) is 0 Å². The van der Waals surface area contributed by atoms with E-state index in [9.17, 15) is 0 Å². The van der Waals surface area contributed by atoms with Crippen molar-refractivity contribution in [3.8, 4) is 0 Å². The Morgan fingerprint density at radius 2 is 1.06 bits per heavy atom. The number of benzene rings is 2. The van der Waals surface area contributed by atoms with Gasteiger partial charge in [-0.25, -0.2) is 9.98 Å². The maximum atomic E-state index is 6.00. The predicted octanol–water partition coefficient (Wildman–Crippen LogP) is 5.81. The number of para-hydroxylation sites is 2. The molecule has 0 amide bonds. The molecule has 0 aliphatic carbocycles. The van der Waals surface area contributed by atoms with Crippen molar-refractivity contribution in [3.05, 3.63) is 59.7 Å². The molecule has 164 valence electrons. The van der Waals surface area contributed by atoms with E-state index in [2.05, 4.69) is 59.0 Å². The van der Waals surface area contributed by atoms with Crippen molar-refractivity contribution >= 4 is 23.2 Å². The van der Waals surface area contributed by atoms with Crippen LogP contribution in [0.4, 0.5) is 11.4 Å². The van der Waals surface area contributed by atoms with E-state index >= 15 is 0 Å². The van der Waals surface area contributed by atoms with Crippen LogP contribution < -0.4 is 5.32 Å². The molecule has 2 aromatic rings. The van der Waals surface area contributed by atoms with Gasteiger partial charge in [-0.2, -0.15) is 0 Å². The van der Waals surface area contributed by atoms with Gasteiger partial charge in [-0.05, 0) is 35.1 Å². The van der Waals surface area contributed by atoms with Crippen LogP contribution in [-0.2, 0) is 9.47 Å². The quantitative estimate of drug-likeness (QED) is 0.680. The Hall–Kier alpha value is -2.82. The summed E-state index contributed by atoms with van der Waals surface area (Å²) in [7, 11) is 0. The molecule has 0 spiro atoms. The number of ether oxygens (including phenoxy) is 2. The first-order chi connectivity index (χ1) is 14.6. The second-order valence-electron chi connectivity index (χ2n) is 10.5. The van der Waals surface area contributed by atoms with Gasteiger partial charge in [0.2, 0.25) is 11.8 Å². The van der Waals surface area contributed by atoms with E-state index in [0.717, 1.165) is 22.5 Å². The molecular formula is C26H33N3O2. The fourth-order valence-corrected chi connectivity index (χ4v) is 3.63. The van der Waals surface area contributed by atoms with Crippen molar-refractivity contribution in [1.29, 1.82) is 0 Å². The molecule has 0 fully saturated rings. The third-order valence-electron chi connectivity index (χ3n) is 5.89. The largest absolute Gasteiger partial charge is 0.475 e. The smallest absolute Gasteiger partial charge is 0.218 e. The molecule has 1 N–H and O–H groups in total. The first-order valence-corrected chi connectivity index (χ1v) is 11.0. The van der Waals surface area contributed by atoms with E-state index in [1.165, 1.54) is 0 Å². The Morgan fingerprint density at radius 1 is 0.677 bits per heavy atom. The molecule has 31 heavy (non-hydrogen) atoms. The second kappa shape index (κ2) is 8.03. The van der Waals surface area contributed by atoms with Crippen LogP contribution in [0.25, 0.3) is 0 Å². The fraction of sp³-hybridized carbons (Fsp3) is 0.462. The zero-order valence-corrected chi connectivity index (χ0v) is 19.4. The molecule has 0 unspecified atom stereocenters. The number of rotatable bonds is 4. The average molecular weight is 420 g/mol. The maximum Gasteiger partial charge on any atom is 0.218 e. The highest BCUT2D eigenvalue weighted by Crippen LogP contribution is 2.32. The van der Waals surface area contributed by atoms with Gasteiger partial charge in [-0.15, -0.1) is 0 Å². The molecular weight excluding hydrogens is 386 g/mol. The Morgan fingerprint density at radius 3 is 1.42 bits per heavy atom. The molecule has 5 heteroatoms. The summed E-state index contributed by atoms with van der Waals surface area (Å²) in [4.78, 5) is 9.75. The van der Waals surface area contributed by atoms with E-state index in [-0.39, 0.29) is 22.9 Å². The molecule has 2 aliphatic heterocycles. The molecule has 2 aromatic carbocycles. The average Bonchev–Trinajstić information content (AvgIpc) is 3.38. The molecule has 0 radical (unpaired) electrons. The predicted molar refractivity (Wildman–Crippen MR) is 128 cm³/mol. The Bertz CT molecular complexity index is 930. The summed E-state index contributed by atoms with van der Waals surface area (Å²) in [6, 6.07) is 16.6. The van der Waals surface area contributed by atoms with Crippen LogP contribution in [0.1, 0.15) is 52.7 Å². The summed E-state index contributed by atoms with van der Waals surface area (Å²) in [5.41, 5.74) is 3.97. The van der Waals surface area contributed by atoms with Gasteiger partial charge >= 0.3 is 0 Å². The first kappa shape index (κ1) is 21.4. The minimum Gasteiger partial charge on any atom is -0.475 e. The lowest BCUT2D eigenvalue weighted by Crippen LogP contribution is -2.25. The lowest BCUT2D eigenvalue weighted by atomic mass is 9.88. The van der Waals surface area contributed by atoms with Crippen LogP contribution in [0.2, 0.25) is 0 Å². The molecule has 5 nitrogen and oxygen atoms in total. The highest BCUT2D eigenvalue weighted by atomic mass is 16.5. The molecule has 0 saturated heterocycles. The SMILES string of the molecule is CC(C)(C)[C@@H]1COC(c2ccccc2Nc2ccccc2C2=N[C@H](C(C)(C)C)CO2)=N1. The number of hydrogen-bond acceptors (Lipinski definition) is 5.